The molecule has 1 N–H and O–H groups in total. The predicted molar refractivity (Wildman–Crippen MR) is 74.6 cm³/mol. The van der Waals surface area contributed by atoms with E-state index in [0.717, 1.165) is 12.8 Å². The normalized spacial score (nSPS) is 24.2. The number of carboxylic acid groups (broad SMARTS) is 1. The van der Waals surface area contributed by atoms with Crippen molar-refractivity contribution in [2.75, 3.05) is 25.4 Å². The first-order chi connectivity index (χ1) is 9.88. The van der Waals surface area contributed by atoms with Crippen LogP contribution >= 0.6 is 0 Å². The fourth-order valence-corrected chi connectivity index (χ4v) is 4.71. The SMILES string of the molecule is O=C(O)CC1CN(C(=O)CS(=O)(=O)C2CCCC2)CCO1. The molecule has 1 atom stereocenters. The number of rotatable bonds is 5. The van der Waals surface area contributed by atoms with Crippen LogP contribution in [0, 0.1) is 0 Å². The molecule has 1 saturated heterocycles. The molecule has 0 bridgehead atoms. The summed E-state index contributed by atoms with van der Waals surface area (Å²) < 4.78 is 29.6. The van der Waals surface area contributed by atoms with Crippen LogP contribution in [0.1, 0.15) is 32.1 Å². The average molecular weight is 319 g/mol. The molecule has 2 aliphatic rings. The minimum absolute atomic E-state index is 0.144. The molecule has 21 heavy (non-hydrogen) atoms. The zero-order valence-corrected chi connectivity index (χ0v) is 12.7. The van der Waals surface area contributed by atoms with Crippen LogP contribution < -0.4 is 0 Å². The van der Waals surface area contributed by atoms with Crippen molar-refractivity contribution in [1.82, 2.24) is 4.90 Å². The van der Waals surface area contributed by atoms with Gasteiger partial charge in [0.05, 0.1) is 24.4 Å². The number of aliphatic carboxylic acids is 1. The van der Waals surface area contributed by atoms with Crippen molar-refractivity contribution >= 4 is 21.7 Å². The molecule has 1 amide bonds. The standard InChI is InChI=1S/C13H21NO6S/c15-12(9-21(18,19)11-3-1-2-4-11)14-5-6-20-10(8-14)7-13(16)17/h10-11H,1-9H2,(H,16,17). The van der Waals surface area contributed by atoms with Gasteiger partial charge < -0.3 is 14.7 Å². The van der Waals surface area contributed by atoms with Gasteiger partial charge >= 0.3 is 5.97 Å². The number of nitrogens with zero attached hydrogens (tertiary/aromatic N) is 1. The Morgan fingerprint density at radius 2 is 1.90 bits per heavy atom. The van der Waals surface area contributed by atoms with Gasteiger partial charge in [-0.05, 0) is 12.8 Å². The Morgan fingerprint density at radius 1 is 1.24 bits per heavy atom. The number of carbonyl (C=O) groups excluding carboxylic acids is 1. The fourth-order valence-electron chi connectivity index (χ4n) is 2.89. The molecular formula is C13H21NO6S. The van der Waals surface area contributed by atoms with Gasteiger partial charge in [0.1, 0.15) is 5.75 Å². The number of carboxylic acids is 1. The molecule has 0 aromatic heterocycles. The third-order valence-corrected chi connectivity index (χ3v) is 6.16. The second-order valence-corrected chi connectivity index (χ2v) is 7.93. The summed E-state index contributed by atoms with van der Waals surface area (Å²) in [7, 11) is -3.40. The van der Waals surface area contributed by atoms with Crippen molar-refractivity contribution in [3.05, 3.63) is 0 Å². The fraction of sp³-hybridized carbons (Fsp3) is 0.846. The van der Waals surface area contributed by atoms with Gasteiger partial charge in [-0.2, -0.15) is 0 Å². The molecule has 1 unspecified atom stereocenters. The van der Waals surface area contributed by atoms with E-state index in [2.05, 4.69) is 0 Å². The summed E-state index contributed by atoms with van der Waals surface area (Å²) in [6.45, 7) is 0.702. The molecule has 0 spiro atoms. The molecular weight excluding hydrogens is 298 g/mol. The number of sulfone groups is 1. The smallest absolute Gasteiger partial charge is 0.306 e. The van der Waals surface area contributed by atoms with Crippen molar-refractivity contribution < 1.29 is 27.9 Å². The van der Waals surface area contributed by atoms with Crippen LogP contribution in [-0.4, -0.2) is 67.1 Å². The first-order valence-corrected chi connectivity index (χ1v) is 8.93. The lowest BCUT2D eigenvalue weighted by atomic mass is 10.2. The van der Waals surface area contributed by atoms with E-state index in [4.69, 9.17) is 9.84 Å². The lowest BCUT2D eigenvalue weighted by Crippen LogP contribution is -2.48. The van der Waals surface area contributed by atoms with Crippen molar-refractivity contribution in [2.24, 2.45) is 0 Å². The van der Waals surface area contributed by atoms with E-state index in [-0.39, 0.29) is 19.6 Å². The molecule has 0 aromatic carbocycles. The van der Waals surface area contributed by atoms with Gasteiger partial charge in [-0.3, -0.25) is 9.59 Å². The minimum Gasteiger partial charge on any atom is -0.481 e. The van der Waals surface area contributed by atoms with E-state index >= 15 is 0 Å². The Balaban J connectivity index is 1.91. The van der Waals surface area contributed by atoms with Crippen LogP contribution in [0.2, 0.25) is 0 Å². The second kappa shape index (κ2) is 6.74. The predicted octanol–water partition coefficient (Wildman–Crippen LogP) is 0.0459. The summed E-state index contributed by atoms with van der Waals surface area (Å²) in [6.07, 6.45) is 2.33. The van der Waals surface area contributed by atoms with Crippen LogP contribution in [0.3, 0.4) is 0 Å². The Labute approximate surface area is 124 Å². The van der Waals surface area contributed by atoms with Gasteiger partial charge in [-0.15, -0.1) is 0 Å². The number of hydrogen-bond acceptors (Lipinski definition) is 5. The Hall–Kier alpha value is -1.15. The first-order valence-electron chi connectivity index (χ1n) is 7.21. The highest BCUT2D eigenvalue weighted by Gasteiger charge is 2.33. The molecule has 120 valence electrons. The highest BCUT2D eigenvalue weighted by molar-refractivity contribution is 7.92. The molecule has 1 saturated carbocycles. The van der Waals surface area contributed by atoms with Gasteiger partial charge in [0.25, 0.3) is 0 Å². The number of carbonyl (C=O) groups is 2. The van der Waals surface area contributed by atoms with Gasteiger partial charge in [0.15, 0.2) is 9.84 Å². The van der Waals surface area contributed by atoms with Crippen LogP contribution in [0.15, 0.2) is 0 Å². The van der Waals surface area contributed by atoms with Gasteiger partial charge in [-0.25, -0.2) is 8.42 Å². The van der Waals surface area contributed by atoms with Crippen LogP contribution in [-0.2, 0) is 24.2 Å². The molecule has 1 aliphatic heterocycles. The van der Waals surface area contributed by atoms with Gasteiger partial charge in [0.2, 0.25) is 5.91 Å². The van der Waals surface area contributed by atoms with E-state index in [1.54, 1.807) is 0 Å². The summed E-state index contributed by atoms with van der Waals surface area (Å²) in [5.74, 6) is -1.91. The zero-order valence-electron chi connectivity index (χ0n) is 11.9. The summed E-state index contributed by atoms with van der Waals surface area (Å²) in [5.41, 5.74) is 0. The highest BCUT2D eigenvalue weighted by atomic mass is 32.2. The molecule has 0 aromatic rings. The van der Waals surface area contributed by atoms with Gasteiger partial charge in [-0.1, -0.05) is 12.8 Å². The first kappa shape index (κ1) is 16.2. The van der Waals surface area contributed by atoms with E-state index in [9.17, 15) is 18.0 Å². The summed E-state index contributed by atoms with van der Waals surface area (Å²) in [6, 6.07) is 0. The highest BCUT2D eigenvalue weighted by Crippen LogP contribution is 2.25. The summed E-state index contributed by atoms with van der Waals surface area (Å²) in [4.78, 5) is 24.2. The summed E-state index contributed by atoms with van der Waals surface area (Å²) in [5, 5.41) is 8.35. The van der Waals surface area contributed by atoms with Crippen molar-refractivity contribution in [2.45, 2.75) is 43.5 Å². The Bertz CT molecular complexity index is 497. The average Bonchev–Trinajstić information content (AvgIpc) is 2.92. The van der Waals surface area contributed by atoms with Crippen molar-refractivity contribution in [3.63, 3.8) is 0 Å². The second-order valence-electron chi connectivity index (χ2n) is 5.64. The maximum atomic E-state index is 12.2. The Morgan fingerprint density at radius 3 is 2.52 bits per heavy atom. The van der Waals surface area contributed by atoms with E-state index in [1.807, 2.05) is 0 Å². The summed E-state index contributed by atoms with van der Waals surface area (Å²) >= 11 is 0. The Kier molecular flexibility index (Phi) is 5.21. The quantitative estimate of drug-likeness (QED) is 0.768. The van der Waals surface area contributed by atoms with Crippen molar-refractivity contribution in [3.8, 4) is 0 Å². The third-order valence-electron chi connectivity index (χ3n) is 4.03. The molecule has 0 radical (unpaired) electrons. The largest absolute Gasteiger partial charge is 0.481 e. The number of amides is 1. The maximum Gasteiger partial charge on any atom is 0.306 e. The van der Waals surface area contributed by atoms with Crippen LogP contribution in [0.4, 0.5) is 0 Å². The van der Waals surface area contributed by atoms with E-state index in [0.29, 0.717) is 19.4 Å². The van der Waals surface area contributed by atoms with Crippen molar-refractivity contribution in [1.29, 1.82) is 0 Å². The zero-order chi connectivity index (χ0) is 15.5. The van der Waals surface area contributed by atoms with Crippen LogP contribution in [0.25, 0.3) is 0 Å². The number of hydrogen-bond donors (Lipinski definition) is 1. The molecule has 7 nitrogen and oxygen atoms in total. The third kappa shape index (κ3) is 4.41. The monoisotopic (exact) mass is 319 g/mol. The number of morpholine rings is 1. The van der Waals surface area contributed by atoms with E-state index < -0.39 is 38.8 Å². The maximum absolute atomic E-state index is 12.2. The molecule has 1 heterocycles. The molecule has 8 heteroatoms. The number of ether oxygens (including phenoxy) is 1. The molecule has 2 rings (SSSR count). The lowest BCUT2D eigenvalue weighted by Gasteiger charge is -2.32. The minimum atomic E-state index is -3.40. The van der Waals surface area contributed by atoms with Gasteiger partial charge in [0, 0.05) is 13.1 Å². The van der Waals surface area contributed by atoms with E-state index in [1.165, 1.54) is 4.90 Å². The molecule has 1 aliphatic carbocycles. The lowest BCUT2D eigenvalue weighted by molar-refractivity contribution is -0.146. The van der Waals surface area contributed by atoms with Crippen LogP contribution in [0.5, 0.6) is 0 Å². The topological polar surface area (TPSA) is 101 Å². The molecule has 2 fully saturated rings.